The van der Waals surface area contributed by atoms with Crippen LogP contribution >= 0.6 is 22.6 Å². The maximum Gasteiger partial charge on any atom is 0.335 e. The Bertz CT molecular complexity index is 496. The Morgan fingerprint density at radius 2 is 2.21 bits per heavy atom. The summed E-state index contributed by atoms with van der Waals surface area (Å²) < 4.78 is 17.1. The molecule has 0 unspecified atom stereocenters. The molecule has 0 radical (unpaired) electrons. The van der Waals surface area contributed by atoms with Crippen molar-refractivity contribution in [3.8, 4) is 5.75 Å². The normalized spacial score (nSPS) is 21.7. The van der Waals surface area contributed by atoms with Crippen molar-refractivity contribution in [3.63, 3.8) is 0 Å². The summed E-state index contributed by atoms with van der Waals surface area (Å²) in [6, 6.07) is 7.35. The van der Waals surface area contributed by atoms with Gasteiger partial charge < -0.3 is 14.2 Å². The molecule has 1 fully saturated rings. The Balaban J connectivity index is 1.90. The summed E-state index contributed by atoms with van der Waals surface area (Å²) in [7, 11) is 0. The van der Waals surface area contributed by atoms with Crippen LogP contribution in [-0.4, -0.2) is 24.5 Å². The first kappa shape index (κ1) is 14.5. The van der Waals surface area contributed by atoms with Crippen LogP contribution in [0.15, 0.2) is 36.4 Å². The highest BCUT2D eigenvalue weighted by Gasteiger charge is 2.31. The average molecular weight is 374 g/mol. The predicted octanol–water partition coefficient (Wildman–Crippen LogP) is 2.90. The minimum Gasteiger partial charge on any atom is -0.422 e. The van der Waals surface area contributed by atoms with Gasteiger partial charge in [-0.3, -0.25) is 0 Å². The maximum atomic E-state index is 11.7. The fourth-order valence-corrected chi connectivity index (χ4v) is 2.16. The predicted molar refractivity (Wildman–Crippen MR) is 78.8 cm³/mol. The molecule has 1 heterocycles. The Kier molecular flexibility index (Phi) is 4.59. The molecular formula is C14H15IO4. The van der Waals surface area contributed by atoms with Crippen LogP contribution in [0.5, 0.6) is 5.75 Å². The zero-order valence-electron chi connectivity index (χ0n) is 10.8. The van der Waals surface area contributed by atoms with Gasteiger partial charge >= 0.3 is 5.97 Å². The number of para-hydroxylation sites is 1. The number of hydrogen-bond acceptors (Lipinski definition) is 4. The van der Waals surface area contributed by atoms with Crippen LogP contribution in [0, 0.1) is 3.57 Å². The van der Waals surface area contributed by atoms with E-state index in [1.165, 1.54) is 6.08 Å². The van der Waals surface area contributed by atoms with Gasteiger partial charge in [-0.05, 0) is 54.6 Å². The highest BCUT2D eigenvalue weighted by atomic mass is 127. The Morgan fingerprint density at radius 1 is 1.47 bits per heavy atom. The average Bonchev–Trinajstić information content (AvgIpc) is 2.69. The van der Waals surface area contributed by atoms with Gasteiger partial charge in [0.2, 0.25) is 0 Å². The quantitative estimate of drug-likeness (QED) is 0.353. The highest BCUT2D eigenvalue weighted by molar-refractivity contribution is 14.1. The van der Waals surface area contributed by atoms with E-state index >= 15 is 0 Å². The summed E-state index contributed by atoms with van der Waals surface area (Å²) in [6.45, 7) is 4.12. The molecule has 2 rings (SSSR count). The fraction of sp³-hybridized carbons (Fsp3) is 0.357. The lowest BCUT2D eigenvalue weighted by molar-refractivity contribution is -0.134. The molecule has 102 valence electrons. The van der Waals surface area contributed by atoms with Crippen molar-refractivity contribution >= 4 is 28.6 Å². The van der Waals surface area contributed by atoms with Gasteiger partial charge in [0, 0.05) is 6.08 Å². The number of halogens is 1. The van der Waals surface area contributed by atoms with Crippen molar-refractivity contribution in [2.24, 2.45) is 0 Å². The number of esters is 1. The molecule has 4 nitrogen and oxygen atoms in total. The van der Waals surface area contributed by atoms with Gasteiger partial charge in [-0.1, -0.05) is 12.1 Å². The first-order valence-corrected chi connectivity index (χ1v) is 7.00. The molecule has 1 aliphatic rings. The van der Waals surface area contributed by atoms with Gasteiger partial charge in [0.15, 0.2) is 5.79 Å². The van der Waals surface area contributed by atoms with Crippen LogP contribution in [0.2, 0.25) is 0 Å². The monoisotopic (exact) mass is 374 g/mol. The van der Waals surface area contributed by atoms with Gasteiger partial charge in [0.05, 0.1) is 10.2 Å². The van der Waals surface area contributed by atoms with Gasteiger partial charge in [-0.2, -0.15) is 0 Å². The molecule has 0 N–H and O–H groups in total. The van der Waals surface area contributed by atoms with Crippen molar-refractivity contribution in [1.82, 2.24) is 0 Å². The lowest BCUT2D eigenvalue weighted by atomic mass is 10.3. The smallest absolute Gasteiger partial charge is 0.335 e. The van der Waals surface area contributed by atoms with Crippen LogP contribution < -0.4 is 4.74 Å². The molecule has 0 aromatic heterocycles. The number of hydrogen-bond donors (Lipinski definition) is 0. The van der Waals surface area contributed by atoms with Crippen LogP contribution in [0.3, 0.4) is 0 Å². The van der Waals surface area contributed by atoms with E-state index in [4.69, 9.17) is 14.2 Å². The molecular weight excluding hydrogens is 359 g/mol. The topological polar surface area (TPSA) is 44.8 Å². The van der Waals surface area contributed by atoms with Crippen LogP contribution in [0.25, 0.3) is 0 Å². The second-order valence-corrected chi connectivity index (χ2v) is 5.74. The third-order valence-corrected chi connectivity index (χ3v) is 3.42. The molecule has 1 saturated heterocycles. The number of carbonyl (C=O) groups is 1. The molecule has 0 aliphatic carbocycles. The standard InChI is InChI=1S/C14H15IO4/c1-14(2)17-9-10(19-14)7-8-13(16)18-12-6-4-3-5-11(12)15/h3-8,10H,9H2,1-2H3/b8-7+/t10-/m0/s1. The maximum absolute atomic E-state index is 11.7. The lowest BCUT2D eigenvalue weighted by Gasteiger charge is -2.15. The molecule has 5 heteroatoms. The van der Waals surface area contributed by atoms with Gasteiger partial charge in [0.1, 0.15) is 11.9 Å². The molecule has 1 aliphatic heterocycles. The van der Waals surface area contributed by atoms with E-state index < -0.39 is 11.8 Å². The summed E-state index contributed by atoms with van der Waals surface area (Å²) in [4.78, 5) is 11.7. The third kappa shape index (κ3) is 4.29. The summed E-state index contributed by atoms with van der Waals surface area (Å²) >= 11 is 2.12. The Morgan fingerprint density at radius 3 is 2.84 bits per heavy atom. The molecule has 19 heavy (non-hydrogen) atoms. The summed E-state index contributed by atoms with van der Waals surface area (Å²) in [5.74, 6) is -0.452. The van der Waals surface area contributed by atoms with E-state index in [2.05, 4.69) is 22.6 Å². The molecule has 1 aromatic carbocycles. The Hall–Kier alpha value is -0.920. The second-order valence-electron chi connectivity index (χ2n) is 4.58. The first-order chi connectivity index (χ1) is 8.96. The fourth-order valence-electron chi connectivity index (χ4n) is 1.67. The SMILES string of the molecule is CC1(C)OC[C@H](/C=C/C(=O)Oc2ccccc2I)O1. The summed E-state index contributed by atoms with van der Waals surface area (Å²) in [5, 5.41) is 0. The number of ether oxygens (including phenoxy) is 3. The molecule has 0 saturated carbocycles. The second kappa shape index (κ2) is 6.02. The van der Waals surface area contributed by atoms with Gasteiger partial charge in [-0.15, -0.1) is 0 Å². The summed E-state index contributed by atoms with van der Waals surface area (Å²) in [6.07, 6.45) is 2.82. The van der Waals surface area contributed by atoms with E-state index in [1.54, 1.807) is 12.1 Å². The third-order valence-electron chi connectivity index (χ3n) is 2.52. The van der Waals surface area contributed by atoms with E-state index in [-0.39, 0.29) is 6.10 Å². The Labute approximate surface area is 125 Å². The van der Waals surface area contributed by atoms with Crippen molar-refractivity contribution in [2.75, 3.05) is 6.61 Å². The van der Waals surface area contributed by atoms with E-state index in [0.717, 1.165) is 3.57 Å². The van der Waals surface area contributed by atoms with Gasteiger partial charge in [-0.25, -0.2) is 4.79 Å². The van der Waals surface area contributed by atoms with E-state index in [0.29, 0.717) is 12.4 Å². The van der Waals surface area contributed by atoms with Crippen molar-refractivity contribution in [3.05, 3.63) is 40.0 Å². The number of rotatable bonds is 3. The number of carbonyl (C=O) groups excluding carboxylic acids is 1. The number of benzene rings is 1. The summed E-state index contributed by atoms with van der Waals surface area (Å²) in [5.41, 5.74) is 0. The first-order valence-electron chi connectivity index (χ1n) is 5.92. The largest absolute Gasteiger partial charge is 0.422 e. The molecule has 0 bridgehead atoms. The lowest BCUT2D eigenvalue weighted by Crippen LogP contribution is -2.20. The van der Waals surface area contributed by atoms with Crippen molar-refractivity contribution < 1.29 is 19.0 Å². The highest BCUT2D eigenvalue weighted by Crippen LogP contribution is 2.23. The molecule has 1 atom stereocenters. The minimum atomic E-state index is -0.590. The van der Waals surface area contributed by atoms with E-state index in [1.807, 2.05) is 32.0 Å². The molecule has 0 spiro atoms. The van der Waals surface area contributed by atoms with Crippen LogP contribution in [0.4, 0.5) is 0 Å². The van der Waals surface area contributed by atoms with Crippen LogP contribution in [0.1, 0.15) is 13.8 Å². The molecule has 1 aromatic rings. The van der Waals surface area contributed by atoms with E-state index in [9.17, 15) is 4.79 Å². The van der Waals surface area contributed by atoms with Crippen molar-refractivity contribution in [1.29, 1.82) is 0 Å². The van der Waals surface area contributed by atoms with Gasteiger partial charge in [0.25, 0.3) is 0 Å². The zero-order valence-corrected chi connectivity index (χ0v) is 12.9. The van der Waals surface area contributed by atoms with Crippen LogP contribution in [-0.2, 0) is 14.3 Å². The minimum absolute atomic E-state index is 0.211. The zero-order chi connectivity index (χ0) is 13.9. The molecule has 0 amide bonds. The van der Waals surface area contributed by atoms with Crippen molar-refractivity contribution in [2.45, 2.75) is 25.7 Å².